The summed E-state index contributed by atoms with van der Waals surface area (Å²) in [6.07, 6.45) is 1.94. The number of halogens is 1. The van der Waals surface area contributed by atoms with Gasteiger partial charge in [0, 0.05) is 16.2 Å². The highest BCUT2D eigenvalue weighted by Crippen LogP contribution is 2.35. The van der Waals surface area contributed by atoms with Crippen LogP contribution in [0.1, 0.15) is 19.8 Å². The Kier molecular flexibility index (Phi) is 3.47. The van der Waals surface area contributed by atoms with Gasteiger partial charge in [-0.1, -0.05) is 13.3 Å². The van der Waals surface area contributed by atoms with Crippen LogP contribution in [0.3, 0.4) is 0 Å². The molecule has 0 bridgehead atoms. The van der Waals surface area contributed by atoms with Crippen LogP contribution in [0.25, 0.3) is 0 Å². The molecule has 94 valence electrons. The molecule has 0 saturated heterocycles. The summed E-state index contributed by atoms with van der Waals surface area (Å²) >= 11 is 3.23. The van der Waals surface area contributed by atoms with Crippen molar-refractivity contribution in [3.63, 3.8) is 0 Å². The monoisotopic (exact) mass is 318 g/mol. The summed E-state index contributed by atoms with van der Waals surface area (Å²) in [6.45, 7) is 2.07. The normalized spacial score (nSPS) is 23.6. The first-order chi connectivity index (χ1) is 7.94. The van der Waals surface area contributed by atoms with Gasteiger partial charge < -0.3 is 5.73 Å². The molecule has 0 aliphatic heterocycles. The minimum atomic E-state index is -3.44. The maximum absolute atomic E-state index is 12.1. The average molecular weight is 319 g/mol. The average Bonchev–Trinajstić information content (AvgIpc) is 2.94. The largest absolute Gasteiger partial charge is 0.399 e. The first kappa shape index (κ1) is 12.9. The van der Waals surface area contributed by atoms with E-state index in [2.05, 4.69) is 27.6 Å². The zero-order chi connectivity index (χ0) is 12.6. The van der Waals surface area contributed by atoms with Crippen molar-refractivity contribution < 1.29 is 8.42 Å². The molecule has 0 amide bonds. The van der Waals surface area contributed by atoms with Crippen LogP contribution in [0, 0.1) is 5.92 Å². The van der Waals surface area contributed by atoms with Crippen molar-refractivity contribution in [3.8, 4) is 0 Å². The van der Waals surface area contributed by atoms with E-state index in [-0.39, 0.29) is 10.9 Å². The van der Waals surface area contributed by atoms with Gasteiger partial charge in [-0.2, -0.15) is 0 Å². The number of sulfonamides is 1. The van der Waals surface area contributed by atoms with E-state index < -0.39 is 10.0 Å². The molecule has 0 radical (unpaired) electrons. The van der Waals surface area contributed by atoms with Crippen LogP contribution < -0.4 is 10.5 Å². The van der Waals surface area contributed by atoms with Crippen molar-refractivity contribution in [1.82, 2.24) is 4.72 Å². The Morgan fingerprint density at radius 1 is 1.53 bits per heavy atom. The molecule has 0 spiro atoms. The molecule has 1 aromatic rings. The predicted molar refractivity (Wildman–Crippen MR) is 71.1 cm³/mol. The summed E-state index contributed by atoms with van der Waals surface area (Å²) in [5.41, 5.74) is 6.12. The van der Waals surface area contributed by atoms with E-state index in [0.717, 1.165) is 12.8 Å². The zero-order valence-electron chi connectivity index (χ0n) is 9.48. The number of rotatable bonds is 4. The van der Waals surface area contributed by atoms with Crippen LogP contribution in [0.15, 0.2) is 27.6 Å². The van der Waals surface area contributed by atoms with Gasteiger partial charge in [0.1, 0.15) is 0 Å². The third-order valence-corrected chi connectivity index (χ3v) is 5.47. The van der Waals surface area contributed by atoms with Gasteiger partial charge in [0.25, 0.3) is 0 Å². The van der Waals surface area contributed by atoms with Gasteiger partial charge in [0.15, 0.2) is 0 Å². The highest BCUT2D eigenvalue weighted by molar-refractivity contribution is 9.10. The molecule has 1 aliphatic carbocycles. The molecule has 1 aliphatic rings. The summed E-state index contributed by atoms with van der Waals surface area (Å²) in [4.78, 5) is 0.244. The minimum absolute atomic E-state index is 0.0921. The topological polar surface area (TPSA) is 72.2 Å². The van der Waals surface area contributed by atoms with E-state index in [1.54, 1.807) is 12.1 Å². The number of hydrogen-bond donors (Lipinski definition) is 2. The van der Waals surface area contributed by atoms with Crippen molar-refractivity contribution >= 4 is 31.6 Å². The molecule has 0 heterocycles. The maximum Gasteiger partial charge on any atom is 0.241 e. The van der Waals surface area contributed by atoms with Gasteiger partial charge in [-0.25, -0.2) is 13.1 Å². The Morgan fingerprint density at radius 3 is 2.76 bits per heavy atom. The fourth-order valence-electron chi connectivity index (χ4n) is 1.84. The Hall–Kier alpha value is -0.590. The number of nitrogens with one attached hydrogen (secondary N) is 1. The molecule has 2 atom stereocenters. The molecule has 1 fully saturated rings. The van der Waals surface area contributed by atoms with E-state index in [9.17, 15) is 8.42 Å². The lowest BCUT2D eigenvalue weighted by Gasteiger charge is -2.08. The van der Waals surface area contributed by atoms with Crippen molar-refractivity contribution in [2.75, 3.05) is 5.73 Å². The SMILES string of the molecule is CCC1CC1NS(=O)(=O)c1ccc(N)cc1Br. The van der Waals surface area contributed by atoms with Gasteiger partial charge in [-0.05, 0) is 46.5 Å². The first-order valence-corrected chi connectivity index (χ1v) is 7.79. The van der Waals surface area contributed by atoms with E-state index in [1.165, 1.54) is 6.07 Å². The van der Waals surface area contributed by atoms with Crippen molar-refractivity contribution in [2.45, 2.75) is 30.7 Å². The molecule has 0 aromatic heterocycles. The fourth-order valence-corrected chi connectivity index (χ4v) is 4.25. The molecule has 17 heavy (non-hydrogen) atoms. The van der Waals surface area contributed by atoms with Crippen LogP contribution in [-0.2, 0) is 10.0 Å². The Bertz CT molecular complexity index is 530. The van der Waals surface area contributed by atoms with Crippen molar-refractivity contribution in [1.29, 1.82) is 0 Å². The van der Waals surface area contributed by atoms with Crippen LogP contribution in [0.5, 0.6) is 0 Å². The molecule has 4 nitrogen and oxygen atoms in total. The highest BCUT2D eigenvalue weighted by Gasteiger charge is 2.38. The Labute approximate surface area is 110 Å². The minimum Gasteiger partial charge on any atom is -0.399 e. The third kappa shape index (κ3) is 2.81. The number of benzene rings is 1. The van der Waals surface area contributed by atoms with E-state index >= 15 is 0 Å². The van der Waals surface area contributed by atoms with E-state index in [0.29, 0.717) is 16.1 Å². The lowest BCUT2D eigenvalue weighted by atomic mass is 10.3. The fraction of sp³-hybridized carbons (Fsp3) is 0.455. The summed E-state index contributed by atoms with van der Waals surface area (Å²) in [5, 5.41) is 0. The van der Waals surface area contributed by atoms with Crippen molar-refractivity contribution in [3.05, 3.63) is 22.7 Å². The van der Waals surface area contributed by atoms with Gasteiger partial charge >= 0.3 is 0 Å². The molecule has 3 N–H and O–H groups in total. The smallest absolute Gasteiger partial charge is 0.241 e. The van der Waals surface area contributed by atoms with E-state index in [4.69, 9.17) is 5.73 Å². The van der Waals surface area contributed by atoms with E-state index in [1.807, 2.05) is 0 Å². The molecule has 1 saturated carbocycles. The van der Waals surface area contributed by atoms with Crippen LogP contribution in [-0.4, -0.2) is 14.5 Å². The maximum atomic E-state index is 12.1. The van der Waals surface area contributed by atoms with Gasteiger partial charge in [0.2, 0.25) is 10.0 Å². The summed E-state index contributed by atoms with van der Waals surface area (Å²) in [6, 6.07) is 4.79. The van der Waals surface area contributed by atoms with Gasteiger partial charge in [-0.3, -0.25) is 0 Å². The third-order valence-electron chi connectivity index (χ3n) is 3.00. The Morgan fingerprint density at radius 2 is 2.24 bits per heavy atom. The van der Waals surface area contributed by atoms with Gasteiger partial charge in [0.05, 0.1) is 4.90 Å². The quantitative estimate of drug-likeness (QED) is 0.835. The second kappa shape index (κ2) is 4.59. The zero-order valence-corrected chi connectivity index (χ0v) is 11.9. The standard InChI is InChI=1S/C11H15BrN2O2S/c1-2-7-5-10(7)14-17(15,16)11-4-3-8(13)6-9(11)12/h3-4,6-7,10,14H,2,5,13H2,1H3. The van der Waals surface area contributed by atoms with Crippen LogP contribution in [0.4, 0.5) is 5.69 Å². The number of anilines is 1. The second-order valence-corrected chi connectivity index (χ2v) is 6.86. The van der Waals surface area contributed by atoms with Crippen LogP contribution in [0.2, 0.25) is 0 Å². The lowest BCUT2D eigenvalue weighted by Crippen LogP contribution is -2.27. The lowest BCUT2D eigenvalue weighted by molar-refractivity contribution is 0.575. The number of hydrogen-bond acceptors (Lipinski definition) is 3. The Balaban J connectivity index is 2.20. The molecular formula is C11H15BrN2O2S. The predicted octanol–water partition coefficient (Wildman–Crippen LogP) is 2.11. The second-order valence-electron chi connectivity index (χ2n) is 4.32. The van der Waals surface area contributed by atoms with Crippen LogP contribution >= 0.6 is 15.9 Å². The molecule has 2 unspecified atom stereocenters. The molecule has 2 rings (SSSR count). The number of nitrogens with two attached hydrogens (primary N) is 1. The summed E-state index contributed by atoms with van der Waals surface area (Å²) in [5.74, 6) is 0.484. The highest BCUT2D eigenvalue weighted by atomic mass is 79.9. The molecule has 1 aromatic carbocycles. The first-order valence-electron chi connectivity index (χ1n) is 5.51. The molecular weight excluding hydrogens is 304 g/mol. The summed E-state index contributed by atoms with van der Waals surface area (Å²) < 4.78 is 27.4. The summed E-state index contributed by atoms with van der Waals surface area (Å²) in [7, 11) is -3.44. The molecule has 6 heteroatoms. The van der Waals surface area contributed by atoms with Crippen molar-refractivity contribution in [2.24, 2.45) is 5.92 Å². The van der Waals surface area contributed by atoms with Gasteiger partial charge in [-0.15, -0.1) is 0 Å². The number of nitrogen functional groups attached to an aromatic ring is 1.